The number of methoxy groups -OCH3 is 2. The maximum atomic E-state index is 13.2. The predicted molar refractivity (Wildman–Crippen MR) is 130 cm³/mol. The molecule has 3 aromatic rings. The first-order chi connectivity index (χ1) is 16.0. The fourth-order valence-corrected chi connectivity index (χ4v) is 3.77. The molecule has 8 heteroatoms. The minimum Gasteiger partial charge on any atom is -0.493 e. The number of nitrogens with zero attached hydrogens (tertiary/aromatic N) is 3. The van der Waals surface area contributed by atoms with E-state index in [0.717, 1.165) is 21.3 Å². The van der Waals surface area contributed by atoms with Crippen molar-refractivity contribution in [2.45, 2.75) is 13.5 Å². The molecule has 170 valence electrons. The Labute approximate surface area is 201 Å². The number of pyridine rings is 1. The Morgan fingerprint density at radius 2 is 1.79 bits per heavy atom. The van der Waals surface area contributed by atoms with Gasteiger partial charge in [-0.25, -0.2) is 9.78 Å². The number of aromatic nitrogens is 1. The van der Waals surface area contributed by atoms with Crippen molar-refractivity contribution in [2.75, 3.05) is 25.7 Å². The van der Waals surface area contributed by atoms with Crippen molar-refractivity contribution in [1.82, 2.24) is 9.88 Å². The second-order valence-corrected chi connectivity index (χ2v) is 8.39. The highest BCUT2D eigenvalue weighted by atomic mass is 79.9. The van der Waals surface area contributed by atoms with E-state index < -0.39 is 0 Å². The smallest absolute Gasteiger partial charge is 0.329 e. The molecule has 0 saturated carbocycles. The fourth-order valence-electron chi connectivity index (χ4n) is 3.54. The average Bonchev–Trinajstić information content (AvgIpc) is 2.83. The van der Waals surface area contributed by atoms with Crippen LogP contribution in [0.15, 0.2) is 71.5 Å². The normalized spacial score (nSPS) is 13.3. The quantitative estimate of drug-likeness (QED) is 0.395. The Morgan fingerprint density at radius 3 is 2.48 bits per heavy atom. The van der Waals surface area contributed by atoms with Crippen LogP contribution in [0, 0.1) is 6.92 Å². The van der Waals surface area contributed by atoms with Gasteiger partial charge in [0.15, 0.2) is 11.5 Å². The number of ether oxygens (including phenoxy) is 3. The summed E-state index contributed by atoms with van der Waals surface area (Å²) in [6, 6.07) is 14.9. The van der Waals surface area contributed by atoms with E-state index in [9.17, 15) is 4.79 Å². The van der Waals surface area contributed by atoms with Crippen molar-refractivity contribution in [3.8, 4) is 23.1 Å². The minimum absolute atomic E-state index is 0.102. The van der Waals surface area contributed by atoms with E-state index >= 15 is 0 Å². The molecule has 0 fully saturated rings. The molecule has 2 heterocycles. The highest BCUT2D eigenvalue weighted by Crippen LogP contribution is 2.31. The first-order valence-corrected chi connectivity index (χ1v) is 11.1. The van der Waals surface area contributed by atoms with Gasteiger partial charge in [0.1, 0.15) is 5.75 Å². The SMILES string of the molecule is COc1ccc(CN2CC=CN(c3ccc(Oc4ccc(Br)cn4)c(C)c3)C2=O)cc1OC. The van der Waals surface area contributed by atoms with Gasteiger partial charge < -0.3 is 19.1 Å². The molecule has 4 rings (SSSR count). The lowest BCUT2D eigenvalue weighted by Crippen LogP contribution is -2.43. The standard InChI is InChI=1S/C25H24BrN3O4/c1-17-13-20(7-9-21(17)33-24-10-6-19(26)15-27-24)29-12-4-11-28(25(29)30)16-18-5-8-22(31-2)23(14-18)32-3/h4-10,12-15H,11,16H2,1-3H3. The molecular formula is C25H24BrN3O4. The topological polar surface area (TPSA) is 64.1 Å². The Kier molecular flexibility index (Phi) is 6.84. The number of urea groups is 1. The first-order valence-electron chi connectivity index (χ1n) is 10.3. The molecule has 0 aliphatic carbocycles. The van der Waals surface area contributed by atoms with Gasteiger partial charge in [0.05, 0.1) is 19.9 Å². The van der Waals surface area contributed by atoms with Crippen LogP contribution >= 0.6 is 15.9 Å². The third-order valence-electron chi connectivity index (χ3n) is 5.23. The summed E-state index contributed by atoms with van der Waals surface area (Å²) < 4.78 is 17.5. The Hall–Kier alpha value is -3.52. The number of hydrogen-bond donors (Lipinski definition) is 0. The molecule has 0 atom stereocenters. The summed E-state index contributed by atoms with van der Waals surface area (Å²) in [5, 5.41) is 0. The number of aryl methyl sites for hydroxylation is 1. The number of carbonyl (C=O) groups excluding carboxylic acids is 1. The van der Waals surface area contributed by atoms with Crippen LogP contribution in [0.3, 0.4) is 0 Å². The van der Waals surface area contributed by atoms with Gasteiger partial charge in [-0.2, -0.15) is 0 Å². The summed E-state index contributed by atoms with van der Waals surface area (Å²) in [7, 11) is 3.20. The first kappa shape index (κ1) is 22.7. The van der Waals surface area contributed by atoms with Crippen LogP contribution in [-0.2, 0) is 6.54 Å². The summed E-state index contributed by atoms with van der Waals surface area (Å²) >= 11 is 3.37. The largest absolute Gasteiger partial charge is 0.493 e. The van der Waals surface area contributed by atoms with Crippen LogP contribution in [0.25, 0.3) is 0 Å². The van der Waals surface area contributed by atoms with Crippen molar-refractivity contribution < 1.29 is 19.0 Å². The van der Waals surface area contributed by atoms with Crippen LogP contribution in [0.4, 0.5) is 10.5 Å². The summed E-state index contributed by atoms with van der Waals surface area (Å²) in [5.41, 5.74) is 2.62. The molecule has 33 heavy (non-hydrogen) atoms. The molecule has 1 aliphatic heterocycles. The molecular weight excluding hydrogens is 486 g/mol. The number of anilines is 1. The average molecular weight is 510 g/mol. The van der Waals surface area contributed by atoms with Crippen LogP contribution in [0.1, 0.15) is 11.1 Å². The second kappa shape index (κ2) is 9.95. The van der Waals surface area contributed by atoms with E-state index in [0.29, 0.717) is 36.2 Å². The van der Waals surface area contributed by atoms with Gasteiger partial charge in [0.25, 0.3) is 0 Å². The number of rotatable bonds is 7. The number of halogens is 1. The maximum Gasteiger partial charge on any atom is 0.329 e. The summed E-state index contributed by atoms with van der Waals surface area (Å²) in [4.78, 5) is 20.9. The van der Waals surface area contributed by atoms with Gasteiger partial charge in [0.2, 0.25) is 5.88 Å². The molecule has 1 aliphatic rings. The second-order valence-electron chi connectivity index (χ2n) is 7.47. The van der Waals surface area contributed by atoms with Crippen LogP contribution in [0.2, 0.25) is 0 Å². The van der Waals surface area contributed by atoms with E-state index in [1.165, 1.54) is 0 Å². The zero-order valence-corrected chi connectivity index (χ0v) is 20.2. The monoisotopic (exact) mass is 509 g/mol. The highest BCUT2D eigenvalue weighted by Gasteiger charge is 2.24. The Balaban J connectivity index is 1.49. The number of benzene rings is 2. The van der Waals surface area contributed by atoms with Gasteiger partial charge in [-0.3, -0.25) is 4.90 Å². The van der Waals surface area contributed by atoms with Crippen LogP contribution < -0.4 is 19.1 Å². The van der Waals surface area contributed by atoms with Crippen molar-refractivity contribution >= 4 is 27.6 Å². The molecule has 0 unspecified atom stereocenters. The van der Waals surface area contributed by atoms with Gasteiger partial charge in [-0.05, 0) is 76.5 Å². The van der Waals surface area contributed by atoms with Crippen molar-refractivity contribution in [2.24, 2.45) is 0 Å². The highest BCUT2D eigenvalue weighted by molar-refractivity contribution is 9.10. The fraction of sp³-hybridized carbons (Fsp3) is 0.200. The molecule has 7 nitrogen and oxygen atoms in total. The molecule has 0 bridgehead atoms. The molecule has 0 spiro atoms. The van der Waals surface area contributed by atoms with E-state index in [2.05, 4.69) is 20.9 Å². The summed E-state index contributed by atoms with van der Waals surface area (Å²) in [5.74, 6) is 2.48. The van der Waals surface area contributed by atoms with E-state index in [-0.39, 0.29) is 6.03 Å². The maximum absolute atomic E-state index is 13.2. The number of hydrogen-bond acceptors (Lipinski definition) is 5. The molecule has 0 N–H and O–H groups in total. The van der Waals surface area contributed by atoms with E-state index in [4.69, 9.17) is 14.2 Å². The summed E-state index contributed by atoms with van der Waals surface area (Å²) in [6.07, 6.45) is 5.45. The van der Waals surface area contributed by atoms with Gasteiger partial charge in [0, 0.05) is 36.0 Å². The van der Waals surface area contributed by atoms with Gasteiger partial charge >= 0.3 is 6.03 Å². The molecule has 2 amide bonds. The van der Waals surface area contributed by atoms with E-state index in [1.807, 2.05) is 55.5 Å². The molecule has 0 saturated heterocycles. The van der Waals surface area contributed by atoms with Crippen LogP contribution in [-0.4, -0.2) is 36.7 Å². The van der Waals surface area contributed by atoms with Crippen molar-refractivity contribution in [3.63, 3.8) is 0 Å². The van der Waals surface area contributed by atoms with Crippen molar-refractivity contribution in [3.05, 3.63) is 82.6 Å². The van der Waals surface area contributed by atoms with Crippen LogP contribution in [0.5, 0.6) is 23.1 Å². The summed E-state index contributed by atoms with van der Waals surface area (Å²) in [6.45, 7) is 2.92. The molecule has 0 radical (unpaired) electrons. The lowest BCUT2D eigenvalue weighted by atomic mass is 10.1. The minimum atomic E-state index is -0.102. The third-order valence-corrected chi connectivity index (χ3v) is 5.70. The lowest BCUT2D eigenvalue weighted by molar-refractivity contribution is 0.207. The zero-order valence-electron chi connectivity index (χ0n) is 18.6. The van der Waals surface area contributed by atoms with E-state index in [1.54, 1.807) is 42.5 Å². The third kappa shape index (κ3) is 5.12. The zero-order chi connectivity index (χ0) is 23.4. The predicted octanol–water partition coefficient (Wildman–Crippen LogP) is 5.92. The Bertz CT molecular complexity index is 1180. The number of amides is 2. The molecule has 2 aromatic carbocycles. The molecule has 1 aromatic heterocycles. The van der Waals surface area contributed by atoms with Gasteiger partial charge in [-0.15, -0.1) is 0 Å². The lowest BCUT2D eigenvalue weighted by Gasteiger charge is -2.32. The van der Waals surface area contributed by atoms with Gasteiger partial charge in [-0.1, -0.05) is 6.07 Å². The Morgan fingerprint density at radius 1 is 1.00 bits per heavy atom. The van der Waals surface area contributed by atoms with Crippen molar-refractivity contribution in [1.29, 1.82) is 0 Å². The number of carbonyl (C=O) groups is 1.